The summed E-state index contributed by atoms with van der Waals surface area (Å²) in [4.78, 5) is 42.1. The number of hydrogen-bond acceptors (Lipinski definition) is 4. The van der Waals surface area contributed by atoms with Crippen LogP contribution < -0.4 is 16.3 Å². The number of amides is 2. The molecular weight excluding hydrogens is 374 g/mol. The van der Waals surface area contributed by atoms with E-state index in [4.69, 9.17) is 0 Å². The zero-order chi connectivity index (χ0) is 19.5. The number of para-hydroxylation sites is 1. The first-order valence-electron chi connectivity index (χ1n) is 9.46. The number of carbonyl (C=O) groups excluding carboxylic acids is 2. The third kappa shape index (κ3) is 3.71. The zero-order valence-electron chi connectivity index (χ0n) is 15.3. The highest BCUT2D eigenvalue weighted by Crippen LogP contribution is 2.28. The Morgan fingerprint density at radius 2 is 1.71 bits per heavy atom. The summed E-state index contributed by atoms with van der Waals surface area (Å²) in [7, 11) is 0. The minimum Gasteiger partial charge on any atom is -0.360 e. The van der Waals surface area contributed by atoms with Crippen molar-refractivity contribution in [1.82, 2.24) is 15.8 Å². The minimum absolute atomic E-state index is 0.0440. The van der Waals surface area contributed by atoms with E-state index >= 15 is 0 Å². The highest BCUT2D eigenvalue weighted by atomic mass is 32.1. The van der Waals surface area contributed by atoms with Crippen LogP contribution in [0.3, 0.4) is 0 Å². The van der Waals surface area contributed by atoms with E-state index in [-0.39, 0.29) is 16.9 Å². The fourth-order valence-corrected chi connectivity index (χ4v) is 4.68. The highest BCUT2D eigenvalue weighted by molar-refractivity contribution is 7.14. The number of carbonyl (C=O) groups is 2. The monoisotopic (exact) mass is 395 g/mol. The fraction of sp³-hybridized carbons (Fsp3) is 0.286. The standard InChI is InChI=1S/C21H21N3O3S/c25-19-14-8-5-6-9-16(14)22-12-15(19)20(26)23-24-21(27)18-11-13-7-3-1-2-4-10-17(13)28-18/h5-6,8-9,11-12H,1-4,7,10H2,(H,22,25)(H,23,26)(H,24,27). The molecule has 1 aliphatic rings. The molecule has 28 heavy (non-hydrogen) atoms. The summed E-state index contributed by atoms with van der Waals surface area (Å²) in [6, 6.07) is 8.90. The van der Waals surface area contributed by atoms with Crippen LogP contribution in [0.25, 0.3) is 10.9 Å². The predicted octanol–water partition coefficient (Wildman–Crippen LogP) is 3.32. The third-order valence-corrected chi connectivity index (χ3v) is 6.28. The van der Waals surface area contributed by atoms with Gasteiger partial charge in [0, 0.05) is 22.0 Å². The number of aromatic amines is 1. The van der Waals surface area contributed by atoms with E-state index in [1.807, 2.05) is 12.1 Å². The molecule has 6 nitrogen and oxygen atoms in total. The molecule has 2 heterocycles. The maximum atomic E-state index is 12.5. The summed E-state index contributed by atoms with van der Waals surface area (Å²) in [5, 5.41) is 0.430. The molecule has 2 amide bonds. The van der Waals surface area contributed by atoms with Gasteiger partial charge in [-0.2, -0.15) is 0 Å². The third-order valence-electron chi connectivity index (χ3n) is 5.04. The summed E-state index contributed by atoms with van der Waals surface area (Å²) in [6.07, 6.45) is 8.12. The number of thiophene rings is 1. The topological polar surface area (TPSA) is 91.1 Å². The molecule has 1 aliphatic carbocycles. The summed E-state index contributed by atoms with van der Waals surface area (Å²) in [6.45, 7) is 0. The Bertz CT molecular complexity index is 1070. The van der Waals surface area contributed by atoms with E-state index in [1.54, 1.807) is 18.2 Å². The Labute approximate surface area is 165 Å². The van der Waals surface area contributed by atoms with Gasteiger partial charge in [-0.05, 0) is 49.4 Å². The van der Waals surface area contributed by atoms with Crippen LogP contribution in [0.2, 0.25) is 0 Å². The van der Waals surface area contributed by atoms with Crippen molar-refractivity contribution in [3.05, 3.63) is 67.6 Å². The van der Waals surface area contributed by atoms with Gasteiger partial charge < -0.3 is 4.98 Å². The van der Waals surface area contributed by atoms with Gasteiger partial charge in [0.2, 0.25) is 5.43 Å². The number of H-pyrrole nitrogens is 1. The Hall–Kier alpha value is -2.93. The summed E-state index contributed by atoms with van der Waals surface area (Å²) >= 11 is 1.49. The zero-order valence-corrected chi connectivity index (χ0v) is 16.2. The lowest BCUT2D eigenvalue weighted by atomic mass is 10.00. The van der Waals surface area contributed by atoms with E-state index < -0.39 is 5.91 Å². The molecule has 1 aromatic carbocycles. The molecule has 4 rings (SSSR count). The molecule has 0 saturated heterocycles. The molecule has 0 radical (unpaired) electrons. The van der Waals surface area contributed by atoms with E-state index in [0.29, 0.717) is 15.8 Å². The van der Waals surface area contributed by atoms with Crippen molar-refractivity contribution >= 4 is 34.1 Å². The van der Waals surface area contributed by atoms with Gasteiger partial charge in [-0.25, -0.2) is 0 Å². The van der Waals surface area contributed by atoms with Crippen LogP contribution in [-0.4, -0.2) is 16.8 Å². The van der Waals surface area contributed by atoms with Gasteiger partial charge in [0.25, 0.3) is 11.8 Å². The van der Waals surface area contributed by atoms with Crippen molar-refractivity contribution < 1.29 is 9.59 Å². The van der Waals surface area contributed by atoms with Gasteiger partial charge in [0.1, 0.15) is 5.56 Å². The SMILES string of the molecule is O=C(NNC(=O)c1c[nH]c2ccccc2c1=O)c1cc2c(s1)CCCCCC2. The maximum Gasteiger partial charge on any atom is 0.279 e. The van der Waals surface area contributed by atoms with E-state index in [9.17, 15) is 14.4 Å². The molecule has 0 spiro atoms. The Kier molecular flexibility index (Phi) is 5.25. The molecule has 0 atom stereocenters. The fourth-order valence-electron chi connectivity index (χ4n) is 3.53. The number of benzene rings is 1. The van der Waals surface area contributed by atoms with E-state index in [2.05, 4.69) is 15.8 Å². The average molecular weight is 395 g/mol. The van der Waals surface area contributed by atoms with Crippen LogP contribution in [0.4, 0.5) is 0 Å². The smallest absolute Gasteiger partial charge is 0.279 e. The summed E-state index contributed by atoms with van der Waals surface area (Å²) in [5.74, 6) is -1.00. The molecule has 0 unspecified atom stereocenters. The van der Waals surface area contributed by atoms with Gasteiger partial charge >= 0.3 is 0 Å². The first kappa shape index (κ1) is 18.4. The van der Waals surface area contributed by atoms with Crippen LogP contribution in [0.1, 0.15) is 56.2 Å². The molecule has 2 aromatic heterocycles. The van der Waals surface area contributed by atoms with E-state index in [0.717, 1.165) is 25.7 Å². The molecule has 3 N–H and O–H groups in total. The van der Waals surface area contributed by atoms with Gasteiger partial charge in [0.05, 0.1) is 4.88 Å². The maximum absolute atomic E-state index is 12.5. The number of hydrazine groups is 1. The van der Waals surface area contributed by atoms with Gasteiger partial charge in [-0.1, -0.05) is 25.0 Å². The number of aryl methyl sites for hydroxylation is 2. The normalized spacial score (nSPS) is 14.0. The number of fused-ring (bicyclic) bond motifs is 2. The average Bonchev–Trinajstić information content (AvgIpc) is 3.08. The molecule has 0 bridgehead atoms. The molecule has 3 aromatic rings. The molecular formula is C21H21N3O3S. The van der Waals surface area contributed by atoms with Gasteiger partial charge in [0.15, 0.2) is 0 Å². The lowest BCUT2D eigenvalue weighted by molar-refractivity contribution is 0.0848. The molecule has 7 heteroatoms. The Morgan fingerprint density at radius 3 is 2.57 bits per heavy atom. The number of aromatic nitrogens is 1. The van der Waals surface area contributed by atoms with Gasteiger partial charge in [-0.3, -0.25) is 25.2 Å². The first-order chi connectivity index (χ1) is 13.6. The van der Waals surface area contributed by atoms with Crippen molar-refractivity contribution in [3.8, 4) is 0 Å². The number of nitrogens with one attached hydrogen (secondary N) is 3. The lowest BCUT2D eigenvalue weighted by Gasteiger charge is -2.07. The first-order valence-corrected chi connectivity index (χ1v) is 10.3. The van der Waals surface area contributed by atoms with Crippen LogP contribution in [-0.2, 0) is 12.8 Å². The van der Waals surface area contributed by atoms with Crippen molar-refractivity contribution in [2.75, 3.05) is 0 Å². The van der Waals surface area contributed by atoms with Crippen LogP contribution >= 0.6 is 11.3 Å². The lowest BCUT2D eigenvalue weighted by Crippen LogP contribution is -2.43. The highest BCUT2D eigenvalue weighted by Gasteiger charge is 2.18. The quantitative estimate of drug-likeness (QED) is 0.581. The van der Waals surface area contributed by atoms with Crippen LogP contribution in [0, 0.1) is 0 Å². The van der Waals surface area contributed by atoms with Crippen molar-refractivity contribution in [2.24, 2.45) is 0 Å². The van der Waals surface area contributed by atoms with Crippen LogP contribution in [0.15, 0.2) is 41.3 Å². The summed E-state index contributed by atoms with van der Waals surface area (Å²) < 4.78 is 0. The second-order valence-electron chi connectivity index (χ2n) is 6.96. The molecule has 144 valence electrons. The summed E-state index contributed by atoms with van der Waals surface area (Å²) in [5.41, 5.74) is 6.27. The van der Waals surface area contributed by atoms with Crippen LogP contribution in [0.5, 0.6) is 0 Å². The molecule has 0 saturated carbocycles. The Morgan fingerprint density at radius 1 is 0.964 bits per heavy atom. The number of pyridine rings is 1. The van der Waals surface area contributed by atoms with Crippen molar-refractivity contribution in [1.29, 1.82) is 0 Å². The number of hydrogen-bond donors (Lipinski definition) is 3. The minimum atomic E-state index is -0.643. The molecule has 0 aliphatic heterocycles. The van der Waals surface area contributed by atoms with Crippen molar-refractivity contribution in [3.63, 3.8) is 0 Å². The Balaban J connectivity index is 1.46. The van der Waals surface area contributed by atoms with E-state index in [1.165, 1.54) is 40.8 Å². The van der Waals surface area contributed by atoms with Crippen molar-refractivity contribution in [2.45, 2.75) is 38.5 Å². The van der Waals surface area contributed by atoms with Gasteiger partial charge in [-0.15, -0.1) is 11.3 Å². The second-order valence-corrected chi connectivity index (χ2v) is 8.10. The second kappa shape index (κ2) is 7.98. The largest absolute Gasteiger partial charge is 0.360 e. The number of rotatable bonds is 2. The molecule has 0 fully saturated rings. The predicted molar refractivity (Wildman–Crippen MR) is 110 cm³/mol.